The lowest BCUT2D eigenvalue weighted by Gasteiger charge is -2.26. The van der Waals surface area contributed by atoms with Gasteiger partial charge in [0.15, 0.2) is 5.65 Å². The summed E-state index contributed by atoms with van der Waals surface area (Å²) in [6.07, 6.45) is 5.20. The topological polar surface area (TPSA) is 94.1 Å². The zero-order valence-corrected chi connectivity index (χ0v) is 16.3. The highest BCUT2D eigenvalue weighted by atomic mass is 16.5. The number of hydrogen-bond acceptors (Lipinski definition) is 7. The van der Waals surface area contributed by atoms with Crippen LogP contribution in [0.25, 0.3) is 11.0 Å². The van der Waals surface area contributed by atoms with Crippen molar-refractivity contribution in [3.63, 3.8) is 0 Å². The summed E-state index contributed by atoms with van der Waals surface area (Å²) in [6.45, 7) is 6.35. The fourth-order valence-electron chi connectivity index (χ4n) is 3.45. The lowest BCUT2D eigenvalue weighted by atomic mass is 9.99. The number of likely N-dealkylation sites (N-methyl/N-ethyl adjacent to an activating group) is 1. The van der Waals surface area contributed by atoms with Gasteiger partial charge < -0.3 is 20.7 Å². The summed E-state index contributed by atoms with van der Waals surface area (Å²) in [5, 5.41) is 8.57. The van der Waals surface area contributed by atoms with Crippen molar-refractivity contribution < 1.29 is 4.74 Å². The van der Waals surface area contributed by atoms with Crippen LogP contribution in [0.3, 0.4) is 0 Å². The van der Waals surface area contributed by atoms with Crippen molar-refractivity contribution in [2.24, 2.45) is 5.73 Å². The van der Waals surface area contributed by atoms with Gasteiger partial charge in [-0.2, -0.15) is 10.1 Å². The summed E-state index contributed by atoms with van der Waals surface area (Å²) in [5.41, 5.74) is 10.6. The smallest absolute Gasteiger partial charge is 0.229 e. The van der Waals surface area contributed by atoms with Gasteiger partial charge in [-0.1, -0.05) is 6.58 Å². The van der Waals surface area contributed by atoms with Crippen LogP contribution in [0.4, 0.5) is 11.6 Å². The molecule has 146 valence electrons. The van der Waals surface area contributed by atoms with Gasteiger partial charge in [-0.3, -0.25) is 0 Å². The number of allylic oxidation sites excluding steroid dienone is 1. The number of methoxy groups -OCH3 is 1. The van der Waals surface area contributed by atoms with E-state index in [9.17, 15) is 0 Å². The highest BCUT2D eigenvalue weighted by molar-refractivity contribution is 5.76. The van der Waals surface area contributed by atoms with Crippen molar-refractivity contribution >= 4 is 22.7 Å². The lowest BCUT2D eigenvalue weighted by Crippen LogP contribution is -2.26. The van der Waals surface area contributed by atoms with Crippen LogP contribution in [0.5, 0.6) is 5.75 Å². The molecule has 0 unspecified atom stereocenters. The van der Waals surface area contributed by atoms with Crippen molar-refractivity contribution in [1.82, 2.24) is 24.6 Å². The van der Waals surface area contributed by atoms with Crippen LogP contribution < -0.4 is 15.8 Å². The highest BCUT2D eigenvalue weighted by Crippen LogP contribution is 2.33. The minimum Gasteiger partial charge on any atom is -0.495 e. The number of ether oxygens (including phenoxy) is 1. The summed E-state index contributed by atoms with van der Waals surface area (Å²) >= 11 is 0. The number of nitrogens with two attached hydrogens (primary N) is 1. The molecule has 8 nitrogen and oxygen atoms in total. The van der Waals surface area contributed by atoms with Gasteiger partial charge in [0.05, 0.1) is 24.4 Å². The van der Waals surface area contributed by atoms with Gasteiger partial charge in [-0.05, 0) is 36.7 Å². The number of nitrogens with zero attached hydrogens (tertiary/aromatic N) is 5. The molecule has 1 aliphatic rings. The molecule has 8 heteroatoms. The molecule has 3 aromatic rings. The third-order valence-electron chi connectivity index (χ3n) is 4.99. The first kappa shape index (κ1) is 18.2. The summed E-state index contributed by atoms with van der Waals surface area (Å²) in [5.74, 6) is 1.29. The first-order valence-electron chi connectivity index (χ1n) is 9.30. The second kappa shape index (κ2) is 7.47. The van der Waals surface area contributed by atoms with Crippen LogP contribution in [-0.2, 0) is 19.5 Å². The number of benzene rings is 1. The Morgan fingerprint density at radius 1 is 1.32 bits per heavy atom. The maximum atomic E-state index is 5.68. The molecule has 4 rings (SSSR count). The van der Waals surface area contributed by atoms with E-state index in [4.69, 9.17) is 10.5 Å². The van der Waals surface area contributed by atoms with E-state index >= 15 is 0 Å². The minimum atomic E-state index is 0.503. The average molecular weight is 379 g/mol. The molecule has 28 heavy (non-hydrogen) atoms. The van der Waals surface area contributed by atoms with E-state index in [1.807, 2.05) is 4.68 Å². The summed E-state index contributed by atoms with van der Waals surface area (Å²) in [6, 6.07) is 4.24. The second-order valence-corrected chi connectivity index (χ2v) is 7.18. The van der Waals surface area contributed by atoms with Crippen LogP contribution in [0.1, 0.15) is 17.5 Å². The highest BCUT2D eigenvalue weighted by Gasteiger charge is 2.17. The third kappa shape index (κ3) is 3.63. The van der Waals surface area contributed by atoms with Crippen molar-refractivity contribution in [2.45, 2.75) is 25.9 Å². The number of anilines is 2. The second-order valence-electron chi connectivity index (χ2n) is 7.18. The van der Waals surface area contributed by atoms with Crippen LogP contribution in [0.2, 0.25) is 0 Å². The maximum Gasteiger partial charge on any atom is 0.229 e. The molecular formula is C20H25N7O. The summed E-state index contributed by atoms with van der Waals surface area (Å²) in [7, 11) is 3.81. The van der Waals surface area contributed by atoms with Crippen molar-refractivity contribution in [3.8, 4) is 5.75 Å². The molecule has 0 bridgehead atoms. The van der Waals surface area contributed by atoms with Crippen LogP contribution in [-0.4, -0.2) is 45.4 Å². The van der Waals surface area contributed by atoms with E-state index in [-0.39, 0.29) is 0 Å². The molecular weight excluding hydrogens is 354 g/mol. The quantitative estimate of drug-likeness (QED) is 0.679. The Labute approximate surface area is 164 Å². The van der Waals surface area contributed by atoms with E-state index in [2.05, 4.69) is 51.0 Å². The Balaban J connectivity index is 1.65. The first-order chi connectivity index (χ1) is 13.5. The monoisotopic (exact) mass is 379 g/mol. The number of rotatable bonds is 6. The Hall–Kier alpha value is -3.13. The molecule has 0 spiro atoms. The summed E-state index contributed by atoms with van der Waals surface area (Å²) in [4.78, 5) is 11.4. The zero-order valence-electron chi connectivity index (χ0n) is 16.3. The first-order valence-corrected chi connectivity index (χ1v) is 9.30. The molecule has 0 saturated carbocycles. The number of aryl methyl sites for hydroxylation is 1. The molecule has 0 atom stereocenters. The van der Waals surface area contributed by atoms with Crippen LogP contribution in [0.15, 0.2) is 36.8 Å². The molecule has 3 N–H and O–H groups in total. The molecule has 1 aliphatic heterocycles. The van der Waals surface area contributed by atoms with E-state index < -0.39 is 0 Å². The van der Waals surface area contributed by atoms with Crippen molar-refractivity contribution in [1.29, 1.82) is 0 Å². The molecule has 3 heterocycles. The Kier molecular flexibility index (Phi) is 4.87. The normalized spacial score (nSPS) is 14.1. The van der Waals surface area contributed by atoms with E-state index in [1.54, 1.807) is 19.5 Å². The fraction of sp³-hybridized carbons (Fsp3) is 0.350. The van der Waals surface area contributed by atoms with Gasteiger partial charge >= 0.3 is 0 Å². The summed E-state index contributed by atoms with van der Waals surface area (Å²) < 4.78 is 7.42. The molecule has 2 aromatic heterocycles. The zero-order chi connectivity index (χ0) is 19.7. The van der Waals surface area contributed by atoms with E-state index in [0.29, 0.717) is 24.6 Å². The molecule has 0 amide bonds. The standard InChI is InChI=1S/C20H25N7O/c1-13(21)4-7-27-19-16(11-23-27)10-22-20(25-19)24-17-8-15-12-26(2)6-5-14(15)9-18(17)28-3/h8-11H,1,4-7,12,21H2,2-3H3,(H,22,24,25). The van der Waals surface area contributed by atoms with Crippen molar-refractivity contribution in [2.75, 3.05) is 26.0 Å². The minimum absolute atomic E-state index is 0.503. The van der Waals surface area contributed by atoms with Gasteiger partial charge in [0.1, 0.15) is 5.75 Å². The van der Waals surface area contributed by atoms with Gasteiger partial charge in [0, 0.05) is 37.9 Å². The van der Waals surface area contributed by atoms with Crippen LogP contribution >= 0.6 is 0 Å². The lowest BCUT2D eigenvalue weighted by molar-refractivity contribution is 0.312. The third-order valence-corrected chi connectivity index (χ3v) is 4.99. The molecule has 0 aliphatic carbocycles. The van der Waals surface area contributed by atoms with Crippen molar-refractivity contribution in [3.05, 3.63) is 47.9 Å². The van der Waals surface area contributed by atoms with Crippen LogP contribution in [0, 0.1) is 0 Å². The predicted molar refractivity (Wildman–Crippen MR) is 110 cm³/mol. The SMILES string of the molecule is C=C(N)CCn1ncc2cnc(Nc3cc4c(cc3OC)CCN(C)C4)nc21. The Bertz CT molecular complexity index is 1030. The maximum absolute atomic E-state index is 5.68. The predicted octanol–water partition coefficient (Wildman–Crippen LogP) is 2.43. The number of hydrogen-bond donors (Lipinski definition) is 2. The molecule has 1 aromatic carbocycles. The molecule has 0 radical (unpaired) electrons. The number of nitrogens with one attached hydrogen (secondary N) is 1. The van der Waals surface area contributed by atoms with Gasteiger partial charge in [0.2, 0.25) is 5.95 Å². The Morgan fingerprint density at radius 2 is 2.18 bits per heavy atom. The number of fused-ring (bicyclic) bond motifs is 2. The van der Waals surface area contributed by atoms with Gasteiger partial charge in [-0.15, -0.1) is 0 Å². The average Bonchev–Trinajstić information content (AvgIpc) is 3.08. The van der Waals surface area contributed by atoms with E-state index in [0.717, 1.165) is 42.0 Å². The molecule has 0 fully saturated rings. The number of aromatic nitrogens is 4. The van der Waals surface area contributed by atoms with Gasteiger partial charge in [-0.25, -0.2) is 9.67 Å². The van der Waals surface area contributed by atoms with E-state index in [1.165, 1.54) is 11.1 Å². The molecule has 0 saturated heterocycles. The Morgan fingerprint density at radius 3 is 2.96 bits per heavy atom. The van der Waals surface area contributed by atoms with Gasteiger partial charge in [0.25, 0.3) is 0 Å². The largest absolute Gasteiger partial charge is 0.495 e. The fourth-order valence-corrected chi connectivity index (χ4v) is 3.45.